The number of sulfonamides is 1. The summed E-state index contributed by atoms with van der Waals surface area (Å²) in [6.45, 7) is 3.86. The van der Waals surface area contributed by atoms with Crippen molar-refractivity contribution < 1.29 is 8.42 Å². The Morgan fingerprint density at radius 3 is 2.68 bits per heavy atom. The first-order valence-corrected chi connectivity index (χ1v) is 8.21. The van der Waals surface area contributed by atoms with Crippen LogP contribution in [0, 0.1) is 13.8 Å². The molecular formula is C15H19NO2S. The van der Waals surface area contributed by atoms with E-state index in [9.17, 15) is 8.42 Å². The molecule has 3 rings (SSSR count). The molecule has 0 amide bonds. The molecule has 1 aromatic carbocycles. The second-order valence-electron chi connectivity index (χ2n) is 5.57. The molecule has 2 aliphatic rings. The summed E-state index contributed by atoms with van der Waals surface area (Å²) < 4.78 is 27.5. The van der Waals surface area contributed by atoms with Crippen molar-refractivity contribution in [1.29, 1.82) is 0 Å². The van der Waals surface area contributed by atoms with Crippen molar-refractivity contribution in [3.8, 4) is 0 Å². The Labute approximate surface area is 115 Å². The predicted octanol–water partition coefficient (Wildman–Crippen LogP) is 2.79. The molecule has 19 heavy (non-hydrogen) atoms. The summed E-state index contributed by atoms with van der Waals surface area (Å²) in [5.41, 5.74) is 1.94. The van der Waals surface area contributed by atoms with E-state index >= 15 is 0 Å². The van der Waals surface area contributed by atoms with E-state index < -0.39 is 10.0 Å². The molecule has 1 fully saturated rings. The van der Waals surface area contributed by atoms with Crippen LogP contribution in [0.5, 0.6) is 0 Å². The minimum Gasteiger partial charge on any atom is -0.207 e. The summed E-state index contributed by atoms with van der Waals surface area (Å²) >= 11 is 0. The lowest BCUT2D eigenvalue weighted by Crippen LogP contribution is -2.42. The molecule has 1 aromatic rings. The highest BCUT2D eigenvalue weighted by atomic mass is 32.2. The van der Waals surface area contributed by atoms with Crippen molar-refractivity contribution in [2.45, 2.75) is 50.1 Å². The zero-order valence-corrected chi connectivity index (χ0v) is 12.2. The van der Waals surface area contributed by atoms with Gasteiger partial charge in [0.1, 0.15) is 0 Å². The Hall–Kier alpha value is -1.13. The van der Waals surface area contributed by atoms with E-state index in [1.54, 1.807) is 10.4 Å². The lowest BCUT2D eigenvalue weighted by molar-refractivity contribution is 0.341. The van der Waals surface area contributed by atoms with Gasteiger partial charge in [0.05, 0.1) is 4.90 Å². The van der Waals surface area contributed by atoms with E-state index in [0.29, 0.717) is 4.90 Å². The third-order valence-electron chi connectivity index (χ3n) is 4.13. The van der Waals surface area contributed by atoms with Crippen LogP contribution in [-0.4, -0.2) is 24.8 Å². The normalized spacial score (nSPS) is 26.8. The fourth-order valence-corrected chi connectivity index (χ4v) is 5.31. The average Bonchev–Trinajstić information content (AvgIpc) is 2.61. The van der Waals surface area contributed by atoms with Crippen LogP contribution in [0.4, 0.5) is 0 Å². The number of hydrogen-bond acceptors (Lipinski definition) is 2. The van der Waals surface area contributed by atoms with Gasteiger partial charge in [0.2, 0.25) is 10.0 Å². The van der Waals surface area contributed by atoms with Gasteiger partial charge in [-0.15, -0.1) is 0 Å². The third kappa shape index (κ3) is 2.03. The van der Waals surface area contributed by atoms with Crippen LogP contribution in [0.25, 0.3) is 0 Å². The average molecular weight is 277 g/mol. The highest BCUT2D eigenvalue weighted by molar-refractivity contribution is 7.89. The molecule has 102 valence electrons. The van der Waals surface area contributed by atoms with Crippen LogP contribution in [0.3, 0.4) is 0 Å². The van der Waals surface area contributed by atoms with E-state index in [2.05, 4.69) is 6.08 Å². The standard InChI is InChI=1S/C15H19NO2S/c1-11-6-9-15(12(2)10-11)19(17,18)16-13-4-3-5-14(16)8-7-13/h3-4,6,9-10,13-14H,5,7-8H2,1-2H3. The Bertz CT molecular complexity index is 634. The Kier molecular flexibility index (Phi) is 3.02. The smallest absolute Gasteiger partial charge is 0.207 e. The van der Waals surface area contributed by atoms with Crippen LogP contribution in [0.15, 0.2) is 35.2 Å². The second kappa shape index (κ2) is 4.46. The van der Waals surface area contributed by atoms with Gasteiger partial charge < -0.3 is 0 Å². The van der Waals surface area contributed by atoms with E-state index in [-0.39, 0.29) is 12.1 Å². The highest BCUT2D eigenvalue weighted by Gasteiger charge is 2.42. The summed E-state index contributed by atoms with van der Waals surface area (Å²) in [5, 5.41) is 0. The lowest BCUT2D eigenvalue weighted by atomic mass is 10.2. The molecule has 2 atom stereocenters. The second-order valence-corrected chi connectivity index (χ2v) is 7.38. The van der Waals surface area contributed by atoms with E-state index in [1.807, 2.05) is 32.1 Å². The molecule has 0 N–H and O–H groups in total. The molecule has 0 aliphatic carbocycles. The van der Waals surface area contributed by atoms with Crippen LogP contribution in [0.2, 0.25) is 0 Å². The van der Waals surface area contributed by atoms with Crippen LogP contribution >= 0.6 is 0 Å². The number of aryl methyl sites for hydroxylation is 2. The molecule has 0 radical (unpaired) electrons. The number of hydrogen-bond donors (Lipinski definition) is 0. The van der Waals surface area contributed by atoms with Gasteiger partial charge in [-0.1, -0.05) is 29.8 Å². The first kappa shape index (κ1) is 12.9. The summed E-state index contributed by atoms with van der Waals surface area (Å²) in [7, 11) is -3.36. The minimum atomic E-state index is -3.36. The molecule has 0 spiro atoms. The maximum absolute atomic E-state index is 12.9. The van der Waals surface area contributed by atoms with Gasteiger partial charge in [-0.3, -0.25) is 0 Å². The van der Waals surface area contributed by atoms with Crippen molar-refractivity contribution in [3.05, 3.63) is 41.5 Å². The van der Waals surface area contributed by atoms with Crippen molar-refractivity contribution in [3.63, 3.8) is 0 Å². The van der Waals surface area contributed by atoms with Crippen LogP contribution in [-0.2, 0) is 10.0 Å². The summed E-state index contributed by atoms with van der Waals surface area (Å²) in [6, 6.07) is 5.78. The van der Waals surface area contributed by atoms with E-state index in [4.69, 9.17) is 0 Å². The van der Waals surface area contributed by atoms with Crippen molar-refractivity contribution in [2.75, 3.05) is 0 Å². The molecule has 2 bridgehead atoms. The molecule has 1 saturated heterocycles. The molecule has 2 aliphatic heterocycles. The van der Waals surface area contributed by atoms with Gasteiger partial charge in [-0.25, -0.2) is 8.42 Å². The van der Waals surface area contributed by atoms with Crippen molar-refractivity contribution in [2.24, 2.45) is 0 Å². The molecular weight excluding hydrogens is 258 g/mol. The first-order chi connectivity index (χ1) is 9.00. The minimum absolute atomic E-state index is 0.0597. The maximum Gasteiger partial charge on any atom is 0.244 e. The predicted molar refractivity (Wildman–Crippen MR) is 75.5 cm³/mol. The summed E-state index contributed by atoms with van der Waals surface area (Å²) in [5.74, 6) is 0. The maximum atomic E-state index is 12.9. The van der Waals surface area contributed by atoms with Gasteiger partial charge in [-0.2, -0.15) is 4.31 Å². The molecule has 0 aromatic heterocycles. The van der Waals surface area contributed by atoms with Gasteiger partial charge in [0, 0.05) is 12.1 Å². The molecule has 3 nitrogen and oxygen atoms in total. The Morgan fingerprint density at radius 1 is 1.21 bits per heavy atom. The topological polar surface area (TPSA) is 37.4 Å². The first-order valence-electron chi connectivity index (χ1n) is 6.77. The Balaban J connectivity index is 2.06. The highest BCUT2D eigenvalue weighted by Crippen LogP contribution is 2.37. The molecule has 4 heteroatoms. The number of nitrogens with zero attached hydrogens (tertiary/aromatic N) is 1. The summed E-state index contributed by atoms with van der Waals surface area (Å²) in [6.07, 6.45) is 6.94. The van der Waals surface area contributed by atoms with Crippen molar-refractivity contribution >= 4 is 10.0 Å². The monoisotopic (exact) mass is 277 g/mol. The largest absolute Gasteiger partial charge is 0.244 e. The summed E-state index contributed by atoms with van der Waals surface area (Å²) in [4.78, 5) is 0.463. The third-order valence-corrected chi connectivity index (χ3v) is 6.27. The van der Waals surface area contributed by atoms with Crippen LogP contribution in [0.1, 0.15) is 30.4 Å². The zero-order chi connectivity index (χ0) is 13.6. The lowest BCUT2D eigenvalue weighted by Gasteiger charge is -2.30. The van der Waals surface area contributed by atoms with Gasteiger partial charge in [0.25, 0.3) is 0 Å². The SMILES string of the molecule is Cc1ccc(S(=O)(=O)N2C3C=CCC2CC3)c(C)c1. The zero-order valence-electron chi connectivity index (χ0n) is 11.3. The van der Waals surface area contributed by atoms with Gasteiger partial charge >= 0.3 is 0 Å². The fraction of sp³-hybridized carbons (Fsp3) is 0.467. The van der Waals surface area contributed by atoms with Crippen molar-refractivity contribution in [1.82, 2.24) is 4.31 Å². The fourth-order valence-electron chi connectivity index (χ4n) is 3.26. The Morgan fingerprint density at radius 2 is 2.00 bits per heavy atom. The van der Waals surface area contributed by atoms with Gasteiger partial charge in [0.15, 0.2) is 0 Å². The quantitative estimate of drug-likeness (QED) is 0.780. The molecule has 0 saturated carbocycles. The number of fused-ring (bicyclic) bond motifs is 2. The van der Waals surface area contributed by atoms with E-state index in [0.717, 1.165) is 30.4 Å². The van der Waals surface area contributed by atoms with E-state index in [1.165, 1.54) is 0 Å². The number of benzene rings is 1. The van der Waals surface area contributed by atoms with Crippen LogP contribution < -0.4 is 0 Å². The molecule has 2 unspecified atom stereocenters. The molecule has 2 heterocycles. The van der Waals surface area contributed by atoms with Gasteiger partial charge in [-0.05, 0) is 44.7 Å². The number of rotatable bonds is 2.